The molecule has 0 saturated carbocycles. The van der Waals surface area contributed by atoms with Crippen LogP contribution in [0.15, 0.2) is 18.2 Å². The number of esters is 1. The predicted octanol–water partition coefficient (Wildman–Crippen LogP) is 2.25. The van der Waals surface area contributed by atoms with Crippen molar-refractivity contribution in [3.63, 3.8) is 0 Å². The monoisotopic (exact) mass is 348 g/mol. The first kappa shape index (κ1) is 19.2. The zero-order valence-electron chi connectivity index (χ0n) is 15.4. The van der Waals surface area contributed by atoms with Gasteiger partial charge < -0.3 is 14.4 Å². The van der Waals surface area contributed by atoms with Gasteiger partial charge in [0.25, 0.3) is 0 Å². The molecular formula is C19H28N2O4. The van der Waals surface area contributed by atoms with Gasteiger partial charge in [0.15, 0.2) is 0 Å². The van der Waals surface area contributed by atoms with Crippen LogP contribution in [0.1, 0.15) is 32.3 Å². The predicted molar refractivity (Wildman–Crippen MR) is 97.0 cm³/mol. The van der Waals surface area contributed by atoms with Gasteiger partial charge in [0.05, 0.1) is 26.8 Å². The second-order valence-corrected chi connectivity index (χ2v) is 6.16. The van der Waals surface area contributed by atoms with Gasteiger partial charge in [-0.25, -0.2) is 0 Å². The van der Waals surface area contributed by atoms with E-state index in [1.54, 1.807) is 14.0 Å². The van der Waals surface area contributed by atoms with Crippen molar-refractivity contribution in [3.8, 4) is 5.75 Å². The molecule has 0 saturated heterocycles. The zero-order chi connectivity index (χ0) is 18.2. The second-order valence-electron chi connectivity index (χ2n) is 6.16. The number of hydrogen-bond acceptors (Lipinski definition) is 5. The van der Waals surface area contributed by atoms with Crippen molar-refractivity contribution in [2.24, 2.45) is 0 Å². The minimum atomic E-state index is -0.285. The molecular weight excluding hydrogens is 320 g/mol. The molecule has 1 aliphatic heterocycles. The first-order valence-electron chi connectivity index (χ1n) is 8.94. The summed E-state index contributed by atoms with van der Waals surface area (Å²) < 4.78 is 10.3. The number of anilines is 1. The molecule has 0 N–H and O–H groups in total. The Morgan fingerprint density at radius 3 is 2.72 bits per heavy atom. The van der Waals surface area contributed by atoms with Crippen LogP contribution in [0.2, 0.25) is 0 Å². The van der Waals surface area contributed by atoms with E-state index in [9.17, 15) is 9.59 Å². The lowest BCUT2D eigenvalue weighted by Gasteiger charge is -2.31. The number of nitrogens with zero attached hydrogens (tertiary/aromatic N) is 2. The molecule has 0 atom stereocenters. The average molecular weight is 348 g/mol. The molecule has 138 valence electrons. The topological polar surface area (TPSA) is 59.1 Å². The van der Waals surface area contributed by atoms with E-state index in [0.29, 0.717) is 19.7 Å². The Kier molecular flexibility index (Phi) is 7.25. The van der Waals surface area contributed by atoms with Crippen LogP contribution in [0, 0.1) is 0 Å². The largest absolute Gasteiger partial charge is 0.497 e. The molecule has 1 aromatic carbocycles. The number of carbonyl (C=O) groups is 2. The van der Waals surface area contributed by atoms with Crippen molar-refractivity contribution in [2.75, 3.05) is 44.8 Å². The third kappa shape index (κ3) is 5.19. The van der Waals surface area contributed by atoms with Crippen molar-refractivity contribution in [1.29, 1.82) is 0 Å². The fraction of sp³-hybridized carbons (Fsp3) is 0.579. The van der Waals surface area contributed by atoms with E-state index >= 15 is 0 Å². The Morgan fingerprint density at radius 2 is 2.04 bits per heavy atom. The third-order valence-electron chi connectivity index (χ3n) is 4.26. The minimum Gasteiger partial charge on any atom is -0.497 e. The Hall–Kier alpha value is -2.08. The minimum absolute atomic E-state index is 0.0175. The molecule has 6 heteroatoms. The molecule has 0 spiro atoms. The molecule has 1 aliphatic rings. The van der Waals surface area contributed by atoms with E-state index in [-0.39, 0.29) is 25.0 Å². The van der Waals surface area contributed by atoms with E-state index in [2.05, 4.69) is 0 Å². The van der Waals surface area contributed by atoms with E-state index in [1.807, 2.05) is 34.9 Å². The maximum absolute atomic E-state index is 12.8. The summed E-state index contributed by atoms with van der Waals surface area (Å²) in [6.45, 7) is 5.94. The molecule has 0 aliphatic carbocycles. The zero-order valence-corrected chi connectivity index (χ0v) is 15.4. The maximum atomic E-state index is 12.8. The normalized spacial score (nSPS) is 13.5. The summed E-state index contributed by atoms with van der Waals surface area (Å²) in [5.74, 6) is 0.541. The Bertz CT molecular complexity index is 603. The first-order valence-corrected chi connectivity index (χ1v) is 8.94. The van der Waals surface area contributed by atoms with Gasteiger partial charge in [0.1, 0.15) is 5.75 Å². The molecule has 0 unspecified atom stereocenters. The van der Waals surface area contributed by atoms with Crippen LogP contribution in [0.5, 0.6) is 5.75 Å². The number of carbonyl (C=O) groups excluding carboxylic acids is 2. The summed E-state index contributed by atoms with van der Waals surface area (Å²) in [4.78, 5) is 28.3. The molecule has 0 bridgehead atoms. The smallest absolute Gasteiger partial charge is 0.320 e. The highest BCUT2D eigenvalue weighted by Crippen LogP contribution is 2.30. The Labute approximate surface area is 149 Å². The van der Waals surface area contributed by atoms with Gasteiger partial charge in [-0.15, -0.1) is 0 Å². The molecule has 1 amide bonds. The van der Waals surface area contributed by atoms with Crippen LogP contribution in [0.3, 0.4) is 0 Å². The van der Waals surface area contributed by atoms with E-state index in [1.165, 1.54) is 0 Å². The highest BCUT2D eigenvalue weighted by atomic mass is 16.5. The fourth-order valence-electron chi connectivity index (χ4n) is 3.16. The quantitative estimate of drug-likeness (QED) is 0.675. The summed E-state index contributed by atoms with van der Waals surface area (Å²) >= 11 is 0. The lowest BCUT2D eigenvalue weighted by Crippen LogP contribution is -2.44. The average Bonchev–Trinajstić information content (AvgIpc) is 2.60. The van der Waals surface area contributed by atoms with Crippen LogP contribution in [0.25, 0.3) is 0 Å². The van der Waals surface area contributed by atoms with E-state index in [0.717, 1.165) is 36.3 Å². The highest BCUT2D eigenvalue weighted by Gasteiger charge is 2.25. The Morgan fingerprint density at radius 1 is 1.24 bits per heavy atom. The van der Waals surface area contributed by atoms with Gasteiger partial charge in [-0.05, 0) is 56.5 Å². The lowest BCUT2D eigenvalue weighted by molar-refractivity contribution is -0.144. The summed E-state index contributed by atoms with van der Waals surface area (Å²) in [6.07, 6.45) is 2.75. The van der Waals surface area contributed by atoms with Crippen molar-refractivity contribution >= 4 is 17.6 Å². The van der Waals surface area contributed by atoms with Gasteiger partial charge in [0, 0.05) is 12.2 Å². The van der Waals surface area contributed by atoms with Gasteiger partial charge in [0.2, 0.25) is 5.91 Å². The Balaban J connectivity index is 2.08. The fourth-order valence-corrected chi connectivity index (χ4v) is 3.16. The van der Waals surface area contributed by atoms with Crippen LogP contribution in [0.4, 0.5) is 5.69 Å². The summed E-state index contributed by atoms with van der Waals surface area (Å²) in [5, 5.41) is 0. The summed E-state index contributed by atoms with van der Waals surface area (Å²) in [5.41, 5.74) is 2.08. The summed E-state index contributed by atoms with van der Waals surface area (Å²) in [7, 11) is 1.64. The lowest BCUT2D eigenvalue weighted by atomic mass is 10.0. The van der Waals surface area contributed by atoms with Gasteiger partial charge in [-0.1, -0.05) is 6.92 Å². The van der Waals surface area contributed by atoms with Crippen molar-refractivity contribution < 1.29 is 19.1 Å². The molecule has 25 heavy (non-hydrogen) atoms. The number of ether oxygens (including phenoxy) is 2. The first-order chi connectivity index (χ1) is 12.1. The SMILES string of the molecule is CCCN(CC(=O)OCC)CC(=O)N1CCCc2cc(OC)ccc21. The van der Waals surface area contributed by atoms with Crippen molar-refractivity contribution in [3.05, 3.63) is 23.8 Å². The van der Waals surface area contributed by atoms with Crippen LogP contribution >= 0.6 is 0 Å². The third-order valence-corrected chi connectivity index (χ3v) is 4.26. The second kappa shape index (κ2) is 9.42. The molecule has 6 nitrogen and oxygen atoms in total. The number of methoxy groups -OCH3 is 1. The van der Waals surface area contributed by atoms with Crippen LogP contribution < -0.4 is 9.64 Å². The van der Waals surface area contributed by atoms with Crippen molar-refractivity contribution in [1.82, 2.24) is 4.90 Å². The number of benzene rings is 1. The van der Waals surface area contributed by atoms with E-state index < -0.39 is 0 Å². The molecule has 0 radical (unpaired) electrons. The molecule has 1 aromatic rings. The number of fused-ring (bicyclic) bond motifs is 1. The van der Waals surface area contributed by atoms with Crippen LogP contribution in [-0.2, 0) is 20.7 Å². The van der Waals surface area contributed by atoms with E-state index in [4.69, 9.17) is 9.47 Å². The molecule has 2 rings (SSSR count). The van der Waals surface area contributed by atoms with Crippen molar-refractivity contribution in [2.45, 2.75) is 33.1 Å². The van der Waals surface area contributed by atoms with Gasteiger partial charge in [-0.2, -0.15) is 0 Å². The standard InChI is InChI=1S/C19H28N2O4/c1-4-10-20(14-19(23)25-5-2)13-18(22)21-11-6-7-15-12-16(24-3)8-9-17(15)21/h8-9,12H,4-7,10-11,13-14H2,1-3H3. The number of aryl methyl sites for hydroxylation is 1. The highest BCUT2D eigenvalue weighted by molar-refractivity contribution is 5.96. The number of hydrogen-bond donors (Lipinski definition) is 0. The maximum Gasteiger partial charge on any atom is 0.320 e. The molecule has 0 aromatic heterocycles. The number of rotatable bonds is 8. The molecule has 1 heterocycles. The molecule has 0 fully saturated rings. The summed E-state index contributed by atoms with van der Waals surface area (Å²) in [6, 6.07) is 5.82. The number of amides is 1. The van der Waals surface area contributed by atoms with Gasteiger partial charge in [-0.3, -0.25) is 14.5 Å². The van der Waals surface area contributed by atoms with Gasteiger partial charge >= 0.3 is 5.97 Å². The van der Waals surface area contributed by atoms with Crippen LogP contribution in [-0.4, -0.2) is 56.7 Å².